The highest BCUT2D eigenvalue weighted by atomic mass is 19.4. The third-order valence-electron chi connectivity index (χ3n) is 2.27. The van der Waals surface area contributed by atoms with Gasteiger partial charge in [0.2, 0.25) is 0 Å². The van der Waals surface area contributed by atoms with Gasteiger partial charge in [0.05, 0.1) is 13.7 Å². The van der Waals surface area contributed by atoms with E-state index in [0.29, 0.717) is 0 Å². The van der Waals surface area contributed by atoms with Crippen LogP contribution in [0.25, 0.3) is 0 Å². The number of hydrogen-bond acceptors (Lipinski definition) is 3. The average molecular weight is 260 g/mol. The summed E-state index contributed by atoms with van der Waals surface area (Å²) in [5, 5.41) is 4.41. The first-order valence-electron chi connectivity index (χ1n) is 5.47. The lowest BCUT2D eigenvalue weighted by molar-refractivity contribution is -0.143. The summed E-state index contributed by atoms with van der Waals surface area (Å²) in [6, 6.07) is 9.02. The molecule has 0 saturated heterocycles. The molecule has 1 aromatic carbocycles. The Morgan fingerprint density at radius 1 is 1.28 bits per heavy atom. The molecule has 0 aromatic heterocycles. The van der Waals surface area contributed by atoms with E-state index in [1.807, 2.05) is 6.07 Å². The minimum atomic E-state index is -4.43. The van der Waals surface area contributed by atoms with Gasteiger partial charge in [0, 0.05) is 0 Å². The zero-order valence-electron chi connectivity index (χ0n) is 10.2. The monoisotopic (exact) mass is 260 g/mol. The first-order valence-corrected chi connectivity index (χ1v) is 5.47. The fraction of sp³-hybridized carbons (Fsp3) is 0.417. The fourth-order valence-corrected chi connectivity index (χ4v) is 1.34. The van der Waals surface area contributed by atoms with Crippen LogP contribution in [-0.2, 0) is 11.4 Å². The Bertz CT molecular complexity index is 390. The second-order valence-electron chi connectivity index (χ2n) is 3.58. The first kappa shape index (κ1) is 14.5. The minimum Gasteiger partial charge on any atom is -0.260 e. The minimum absolute atomic E-state index is 0.164. The number of benzene rings is 1. The molecule has 0 saturated carbocycles. The normalized spacial score (nSPS) is 12.6. The van der Waals surface area contributed by atoms with Crippen molar-refractivity contribution >= 4 is 5.71 Å². The molecule has 0 aliphatic heterocycles. The highest BCUT2D eigenvalue weighted by Crippen LogP contribution is 2.20. The second-order valence-corrected chi connectivity index (χ2v) is 3.58. The molecule has 0 heterocycles. The summed E-state index contributed by atoms with van der Waals surface area (Å²) in [7, 11) is 1.29. The number of alkyl halides is 3. The molecule has 0 aliphatic carbocycles. The first-order chi connectivity index (χ1) is 8.47. The van der Waals surface area contributed by atoms with Crippen LogP contribution >= 0.6 is 0 Å². The molecule has 3 nitrogen and oxygen atoms in total. The van der Waals surface area contributed by atoms with Crippen molar-refractivity contribution in [2.75, 3.05) is 7.11 Å². The van der Waals surface area contributed by atoms with Gasteiger partial charge in [-0.05, 0) is 12.0 Å². The predicted octanol–water partition coefficient (Wildman–Crippen LogP) is 3.38. The molecule has 6 heteroatoms. The van der Waals surface area contributed by atoms with Crippen LogP contribution in [0.2, 0.25) is 0 Å². The Morgan fingerprint density at radius 2 is 1.89 bits per heavy atom. The molecule has 1 rings (SSSR count). The van der Waals surface area contributed by atoms with Crippen LogP contribution in [-0.4, -0.2) is 24.2 Å². The maximum Gasteiger partial charge on any atom is 0.431 e. The Hall–Kier alpha value is -1.56. The quantitative estimate of drug-likeness (QED) is 0.599. The van der Waals surface area contributed by atoms with Gasteiger partial charge in [0.1, 0.15) is 5.71 Å². The Labute approximate surface area is 104 Å². The maximum atomic E-state index is 12.5. The lowest BCUT2D eigenvalue weighted by atomic mass is 10.2. The molecular weight excluding hydrogens is 245 g/mol. The van der Waals surface area contributed by atoms with Gasteiger partial charge in [-0.2, -0.15) is 23.4 Å². The largest absolute Gasteiger partial charge is 0.431 e. The van der Waals surface area contributed by atoms with Crippen molar-refractivity contribution < 1.29 is 18.0 Å². The Morgan fingerprint density at radius 3 is 2.33 bits per heavy atom. The van der Waals surface area contributed by atoms with Gasteiger partial charge in [-0.1, -0.05) is 37.3 Å². The van der Waals surface area contributed by atoms with Gasteiger partial charge in [0.15, 0.2) is 0 Å². The lowest BCUT2D eigenvalue weighted by Crippen LogP contribution is -2.27. The SMILES string of the molecule is CC/C(=N\N(Cc1ccccc1)OC)C(F)(F)F. The molecule has 0 unspecified atom stereocenters. The number of nitrogens with zero attached hydrogens (tertiary/aromatic N) is 2. The number of hydrogen-bond donors (Lipinski definition) is 0. The van der Waals surface area contributed by atoms with Gasteiger partial charge in [0.25, 0.3) is 0 Å². The Balaban J connectivity index is 2.81. The van der Waals surface area contributed by atoms with Crippen molar-refractivity contribution in [3.8, 4) is 0 Å². The summed E-state index contributed by atoms with van der Waals surface area (Å²) in [5.41, 5.74) is -0.0407. The van der Waals surface area contributed by atoms with Crippen LogP contribution in [0.15, 0.2) is 35.4 Å². The van der Waals surface area contributed by atoms with E-state index in [4.69, 9.17) is 4.84 Å². The molecule has 1 aromatic rings. The molecular formula is C12H15F3N2O. The molecule has 0 atom stereocenters. The van der Waals surface area contributed by atoms with Gasteiger partial charge >= 0.3 is 6.18 Å². The highest BCUT2D eigenvalue weighted by Gasteiger charge is 2.35. The predicted molar refractivity (Wildman–Crippen MR) is 62.8 cm³/mol. The smallest absolute Gasteiger partial charge is 0.260 e. The van der Waals surface area contributed by atoms with Crippen LogP contribution < -0.4 is 0 Å². The van der Waals surface area contributed by atoms with Crippen molar-refractivity contribution in [3.63, 3.8) is 0 Å². The van der Waals surface area contributed by atoms with Crippen molar-refractivity contribution in [1.29, 1.82) is 0 Å². The fourth-order valence-electron chi connectivity index (χ4n) is 1.34. The van der Waals surface area contributed by atoms with Crippen molar-refractivity contribution in [3.05, 3.63) is 35.9 Å². The zero-order chi connectivity index (χ0) is 13.6. The van der Waals surface area contributed by atoms with E-state index in [0.717, 1.165) is 10.7 Å². The molecule has 100 valence electrons. The van der Waals surface area contributed by atoms with E-state index in [1.54, 1.807) is 24.3 Å². The lowest BCUT2D eigenvalue weighted by Gasteiger charge is -2.18. The molecule has 0 N–H and O–H groups in total. The summed E-state index contributed by atoms with van der Waals surface area (Å²) in [5.74, 6) is 0. The van der Waals surface area contributed by atoms with Crippen LogP contribution in [0.3, 0.4) is 0 Å². The van der Waals surface area contributed by atoms with Gasteiger partial charge in [-0.25, -0.2) is 0 Å². The number of hydrazone groups is 1. The number of hydroxylamine groups is 1. The molecule has 0 amide bonds. The van der Waals surface area contributed by atoms with E-state index >= 15 is 0 Å². The summed E-state index contributed by atoms with van der Waals surface area (Å²) < 4.78 is 37.6. The molecule has 0 fully saturated rings. The van der Waals surface area contributed by atoms with Gasteiger partial charge in [-0.3, -0.25) is 4.84 Å². The van der Waals surface area contributed by atoms with Crippen LogP contribution in [0.5, 0.6) is 0 Å². The van der Waals surface area contributed by atoms with Crippen LogP contribution in [0, 0.1) is 0 Å². The molecule has 0 radical (unpaired) electrons. The average Bonchev–Trinajstić information content (AvgIpc) is 2.34. The third-order valence-corrected chi connectivity index (χ3v) is 2.27. The molecule has 18 heavy (non-hydrogen) atoms. The van der Waals surface area contributed by atoms with Crippen molar-refractivity contribution in [2.24, 2.45) is 5.10 Å². The summed E-state index contributed by atoms with van der Waals surface area (Å²) in [4.78, 5) is 4.83. The van der Waals surface area contributed by atoms with E-state index in [9.17, 15) is 13.2 Å². The number of rotatable bonds is 5. The third kappa shape index (κ3) is 4.37. The van der Waals surface area contributed by atoms with Gasteiger partial charge < -0.3 is 0 Å². The summed E-state index contributed by atoms with van der Waals surface area (Å²) in [6.07, 6.45) is -4.62. The Kier molecular flexibility index (Phi) is 5.15. The van der Waals surface area contributed by atoms with Crippen molar-refractivity contribution in [1.82, 2.24) is 5.17 Å². The maximum absolute atomic E-state index is 12.5. The number of halogens is 3. The molecule has 0 spiro atoms. The van der Waals surface area contributed by atoms with Crippen LogP contribution in [0.1, 0.15) is 18.9 Å². The van der Waals surface area contributed by atoms with E-state index in [2.05, 4.69) is 5.10 Å². The summed E-state index contributed by atoms with van der Waals surface area (Å²) >= 11 is 0. The van der Waals surface area contributed by atoms with E-state index < -0.39 is 11.9 Å². The second kappa shape index (κ2) is 6.39. The highest BCUT2D eigenvalue weighted by molar-refractivity contribution is 5.89. The van der Waals surface area contributed by atoms with E-state index in [-0.39, 0.29) is 13.0 Å². The zero-order valence-corrected chi connectivity index (χ0v) is 10.2. The van der Waals surface area contributed by atoms with Crippen LogP contribution in [0.4, 0.5) is 13.2 Å². The summed E-state index contributed by atoms with van der Waals surface area (Å²) in [6.45, 7) is 1.57. The van der Waals surface area contributed by atoms with E-state index in [1.165, 1.54) is 14.0 Å². The standard InChI is InChI=1S/C12H15F3N2O/c1-3-11(12(13,14)15)16-17(18-2)9-10-7-5-4-6-8-10/h4-8H,3,9H2,1-2H3/b16-11+. The molecule has 0 bridgehead atoms. The molecule has 0 aliphatic rings. The van der Waals surface area contributed by atoms with Gasteiger partial charge in [-0.15, -0.1) is 0 Å². The topological polar surface area (TPSA) is 24.8 Å². The van der Waals surface area contributed by atoms with Crippen molar-refractivity contribution in [2.45, 2.75) is 26.1 Å².